The predicted molar refractivity (Wildman–Crippen MR) is 92.6 cm³/mol. The van der Waals surface area contributed by atoms with Crippen molar-refractivity contribution in [2.24, 2.45) is 0 Å². The van der Waals surface area contributed by atoms with Gasteiger partial charge in [0.1, 0.15) is 5.69 Å². The zero-order chi connectivity index (χ0) is 18.0. The molecule has 130 valence electrons. The third-order valence-electron chi connectivity index (χ3n) is 4.68. The molecule has 3 rings (SSSR count). The van der Waals surface area contributed by atoms with Crippen LogP contribution in [0.3, 0.4) is 0 Å². The number of carboxylic acid groups (broad SMARTS) is 1. The van der Waals surface area contributed by atoms with Gasteiger partial charge in [-0.1, -0.05) is 6.07 Å². The Kier molecular flexibility index (Phi) is 4.79. The van der Waals surface area contributed by atoms with Crippen LogP contribution in [0, 0.1) is 6.92 Å². The Hall–Kier alpha value is -2.76. The molecule has 0 aliphatic heterocycles. The third kappa shape index (κ3) is 3.24. The smallest absolute Gasteiger partial charge is 0.337 e. The Balaban J connectivity index is 1.93. The number of carbonyl (C=O) groups excluding carboxylic acids is 1. The van der Waals surface area contributed by atoms with Gasteiger partial charge >= 0.3 is 5.97 Å². The summed E-state index contributed by atoms with van der Waals surface area (Å²) in [5.41, 5.74) is 2.88. The molecule has 25 heavy (non-hydrogen) atoms. The van der Waals surface area contributed by atoms with Crippen molar-refractivity contribution in [3.63, 3.8) is 0 Å². The van der Waals surface area contributed by atoms with E-state index in [2.05, 4.69) is 16.0 Å². The molecule has 0 bridgehead atoms. The second kappa shape index (κ2) is 7.01. The molecular weight excluding hydrogens is 318 g/mol. The highest BCUT2D eigenvalue weighted by molar-refractivity contribution is 5.94. The Morgan fingerprint density at radius 3 is 2.80 bits per heavy atom. The molecule has 1 atom stereocenters. The Morgan fingerprint density at radius 2 is 2.12 bits per heavy atom. The number of aromatic carboxylic acids is 1. The molecule has 1 N–H and O–H groups in total. The molecule has 2 aromatic heterocycles. The van der Waals surface area contributed by atoms with Gasteiger partial charge in [-0.05, 0) is 56.9 Å². The molecule has 1 aliphatic rings. The highest BCUT2D eigenvalue weighted by atomic mass is 16.4. The van der Waals surface area contributed by atoms with E-state index in [1.807, 2.05) is 13.0 Å². The van der Waals surface area contributed by atoms with Crippen LogP contribution < -0.4 is 0 Å². The molecule has 1 amide bonds. The number of amides is 1. The minimum absolute atomic E-state index is 0.0660. The third-order valence-corrected chi connectivity index (χ3v) is 4.68. The standard InChI is InChI=1S/C19H21N3O3/c1-3-22(16-8-4-6-13-7-5-11-20-17(13)16)18(23)15-10-9-14(19(24)25)12(2)21-15/h5,7,9-11,16H,3-4,6,8H2,1-2H3,(H,24,25). The quantitative estimate of drug-likeness (QED) is 0.926. The number of aryl methyl sites for hydroxylation is 2. The fraction of sp³-hybridized carbons (Fsp3) is 0.368. The topological polar surface area (TPSA) is 83.4 Å². The van der Waals surface area contributed by atoms with E-state index < -0.39 is 5.97 Å². The van der Waals surface area contributed by atoms with Gasteiger partial charge in [-0.15, -0.1) is 0 Å². The summed E-state index contributed by atoms with van der Waals surface area (Å²) >= 11 is 0. The van der Waals surface area contributed by atoms with Crippen molar-refractivity contribution in [2.75, 3.05) is 6.54 Å². The van der Waals surface area contributed by atoms with Gasteiger partial charge < -0.3 is 10.0 Å². The fourth-order valence-corrected chi connectivity index (χ4v) is 3.45. The lowest BCUT2D eigenvalue weighted by Gasteiger charge is -2.34. The van der Waals surface area contributed by atoms with Crippen molar-refractivity contribution in [3.8, 4) is 0 Å². The number of hydrogen-bond donors (Lipinski definition) is 1. The Bertz CT molecular complexity index is 819. The average Bonchev–Trinajstić information content (AvgIpc) is 2.62. The van der Waals surface area contributed by atoms with Crippen LogP contribution in [-0.4, -0.2) is 38.4 Å². The van der Waals surface area contributed by atoms with E-state index in [-0.39, 0.29) is 23.2 Å². The number of aromatic nitrogens is 2. The normalized spacial score (nSPS) is 16.2. The number of pyridine rings is 2. The van der Waals surface area contributed by atoms with Crippen molar-refractivity contribution in [1.82, 2.24) is 14.9 Å². The first kappa shape index (κ1) is 17.1. The van der Waals surface area contributed by atoms with Gasteiger partial charge in [0.2, 0.25) is 0 Å². The van der Waals surface area contributed by atoms with Crippen LogP contribution >= 0.6 is 0 Å². The van der Waals surface area contributed by atoms with E-state index in [0.717, 1.165) is 25.0 Å². The van der Waals surface area contributed by atoms with Gasteiger partial charge in [-0.3, -0.25) is 9.78 Å². The predicted octanol–water partition coefficient (Wildman–Crippen LogP) is 3.02. The molecule has 2 heterocycles. The molecule has 0 saturated heterocycles. The number of hydrogen-bond acceptors (Lipinski definition) is 4. The number of carbonyl (C=O) groups is 2. The summed E-state index contributed by atoms with van der Waals surface area (Å²) in [5.74, 6) is -1.23. The molecule has 0 spiro atoms. The molecule has 0 aromatic carbocycles. The maximum Gasteiger partial charge on any atom is 0.337 e. The molecule has 1 aliphatic carbocycles. The molecule has 0 saturated carbocycles. The monoisotopic (exact) mass is 339 g/mol. The van der Waals surface area contributed by atoms with E-state index in [0.29, 0.717) is 12.2 Å². The Labute approximate surface area is 146 Å². The molecule has 6 nitrogen and oxygen atoms in total. The van der Waals surface area contributed by atoms with Gasteiger partial charge in [0.05, 0.1) is 23.0 Å². The number of rotatable bonds is 4. The summed E-state index contributed by atoms with van der Waals surface area (Å²) in [6, 6.07) is 6.86. The minimum Gasteiger partial charge on any atom is -0.478 e. The SMILES string of the molecule is CCN(C(=O)c1ccc(C(=O)O)c(C)n1)C1CCCc2cccnc21. The summed E-state index contributed by atoms with van der Waals surface area (Å²) < 4.78 is 0. The van der Waals surface area contributed by atoms with Gasteiger partial charge in [0.25, 0.3) is 5.91 Å². The van der Waals surface area contributed by atoms with Gasteiger partial charge in [-0.25, -0.2) is 9.78 Å². The van der Waals surface area contributed by atoms with Crippen LogP contribution in [0.5, 0.6) is 0 Å². The largest absolute Gasteiger partial charge is 0.478 e. The molecule has 6 heteroatoms. The van der Waals surface area contributed by atoms with E-state index in [9.17, 15) is 9.59 Å². The first-order valence-corrected chi connectivity index (χ1v) is 8.48. The van der Waals surface area contributed by atoms with Gasteiger partial charge in [0.15, 0.2) is 0 Å². The van der Waals surface area contributed by atoms with Crippen LogP contribution in [0.2, 0.25) is 0 Å². The lowest BCUT2D eigenvalue weighted by atomic mass is 9.90. The van der Waals surface area contributed by atoms with Crippen LogP contribution in [0.4, 0.5) is 0 Å². The number of fused-ring (bicyclic) bond motifs is 1. The molecule has 0 radical (unpaired) electrons. The molecule has 1 unspecified atom stereocenters. The first-order valence-electron chi connectivity index (χ1n) is 8.48. The summed E-state index contributed by atoms with van der Waals surface area (Å²) in [5, 5.41) is 9.12. The van der Waals surface area contributed by atoms with Crippen molar-refractivity contribution in [2.45, 2.75) is 39.2 Å². The van der Waals surface area contributed by atoms with E-state index in [4.69, 9.17) is 5.11 Å². The van der Waals surface area contributed by atoms with Crippen LogP contribution in [0.1, 0.15) is 63.6 Å². The van der Waals surface area contributed by atoms with E-state index in [1.54, 1.807) is 18.0 Å². The minimum atomic E-state index is -1.04. The van der Waals surface area contributed by atoms with Crippen LogP contribution in [0.25, 0.3) is 0 Å². The van der Waals surface area contributed by atoms with Crippen molar-refractivity contribution in [3.05, 3.63) is 58.7 Å². The zero-order valence-corrected chi connectivity index (χ0v) is 14.4. The van der Waals surface area contributed by atoms with Gasteiger partial charge in [-0.2, -0.15) is 0 Å². The zero-order valence-electron chi connectivity index (χ0n) is 14.4. The summed E-state index contributed by atoms with van der Waals surface area (Å²) in [6.45, 7) is 4.09. The summed E-state index contributed by atoms with van der Waals surface area (Å²) in [6.07, 6.45) is 4.63. The average molecular weight is 339 g/mol. The maximum atomic E-state index is 13.0. The summed E-state index contributed by atoms with van der Waals surface area (Å²) in [4.78, 5) is 34.7. The molecule has 0 fully saturated rings. The lowest BCUT2D eigenvalue weighted by Crippen LogP contribution is -2.37. The highest BCUT2D eigenvalue weighted by Gasteiger charge is 2.30. The van der Waals surface area contributed by atoms with Crippen molar-refractivity contribution >= 4 is 11.9 Å². The van der Waals surface area contributed by atoms with Crippen molar-refractivity contribution < 1.29 is 14.7 Å². The van der Waals surface area contributed by atoms with E-state index in [1.165, 1.54) is 17.7 Å². The van der Waals surface area contributed by atoms with E-state index >= 15 is 0 Å². The number of carboxylic acids is 1. The Morgan fingerprint density at radius 1 is 1.32 bits per heavy atom. The molecular formula is C19H21N3O3. The van der Waals surface area contributed by atoms with Crippen LogP contribution in [-0.2, 0) is 6.42 Å². The fourth-order valence-electron chi connectivity index (χ4n) is 3.45. The maximum absolute atomic E-state index is 13.0. The summed E-state index contributed by atoms with van der Waals surface area (Å²) in [7, 11) is 0. The highest BCUT2D eigenvalue weighted by Crippen LogP contribution is 2.33. The van der Waals surface area contributed by atoms with Crippen molar-refractivity contribution in [1.29, 1.82) is 0 Å². The number of nitrogens with zero attached hydrogens (tertiary/aromatic N) is 3. The molecule has 2 aromatic rings. The second-order valence-corrected chi connectivity index (χ2v) is 6.18. The second-order valence-electron chi connectivity index (χ2n) is 6.18. The van der Waals surface area contributed by atoms with Gasteiger partial charge in [0, 0.05) is 12.7 Å². The van der Waals surface area contributed by atoms with Crippen LogP contribution in [0.15, 0.2) is 30.5 Å². The lowest BCUT2D eigenvalue weighted by molar-refractivity contribution is 0.0653. The first-order chi connectivity index (χ1) is 12.0.